The van der Waals surface area contributed by atoms with E-state index in [1.807, 2.05) is 12.1 Å². The van der Waals surface area contributed by atoms with Crippen molar-refractivity contribution in [2.24, 2.45) is 0 Å². The molecule has 1 saturated heterocycles. The molecule has 9 heteroatoms. The molecular formula is C41H50ClN5O3. The maximum Gasteiger partial charge on any atom is 0.142 e. The molecule has 2 heterocycles. The Morgan fingerprint density at radius 1 is 0.860 bits per heavy atom. The van der Waals surface area contributed by atoms with Crippen LogP contribution in [0, 0.1) is 25.2 Å². The van der Waals surface area contributed by atoms with Crippen molar-refractivity contribution in [2.75, 3.05) is 53.4 Å². The summed E-state index contributed by atoms with van der Waals surface area (Å²) in [6.07, 6.45) is 7.94. The summed E-state index contributed by atoms with van der Waals surface area (Å²) in [5.74, 6) is 2.16. The third kappa shape index (κ3) is 10.4. The fourth-order valence-corrected chi connectivity index (χ4v) is 6.56. The molecule has 50 heavy (non-hydrogen) atoms. The molecule has 0 aliphatic carbocycles. The standard InChI is InChI=1S/C41H50ClN5O3/c1-30-34(11-7-12-36(30)37-13-8-14-39(31(37)2)48-20-10-19-47-17-5-6-18-47)29-50-41-23-40(49-28-33-21-32(24-43)25-45-26-33)35(22-38(41)42)27-44-15-9-16-46(3)4/h7-8,11-14,21-23,25-26,44H,5-6,9-10,15-20,27-29H2,1-4H3. The van der Waals surface area contributed by atoms with Gasteiger partial charge in [0.05, 0.1) is 17.2 Å². The quantitative estimate of drug-likeness (QED) is 0.105. The number of pyridine rings is 1. The average molecular weight is 696 g/mol. The number of nitrogens with one attached hydrogen (secondary N) is 1. The van der Waals surface area contributed by atoms with Gasteiger partial charge in [-0.15, -0.1) is 0 Å². The van der Waals surface area contributed by atoms with Gasteiger partial charge in [-0.3, -0.25) is 4.98 Å². The SMILES string of the molecule is Cc1c(COc2cc(OCc3cncc(C#N)c3)c(CNCCCN(C)C)cc2Cl)cccc1-c1cccc(OCCCN2CCCC2)c1C. The van der Waals surface area contributed by atoms with Gasteiger partial charge in [-0.2, -0.15) is 5.26 Å². The molecule has 264 valence electrons. The molecule has 1 fully saturated rings. The van der Waals surface area contributed by atoms with Crippen molar-refractivity contribution in [3.05, 3.63) is 105 Å². The lowest BCUT2D eigenvalue weighted by Gasteiger charge is -2.19. The Labute approximate surface area is 302 Å². The third-order valence-electron chi connectivity index (χ3n) is 9.19. The summed E-state index contributed by atoms with van der Waals surface area (Å²) in [4.78, 5) is 8.87. The van der Waals surface area contributed by atoms with Gasteiger partial charge in [-0.1, -0.05) is 41.9 Å². The van der Waals surface area contributed by atoms with Gasteiger partial charge in [0.2, 0.25) is 0 Å². The molecule has 0 unspecified atom stereocenters. The summed E-state index contributed by atoms with van der Waals surface area (Å²) >= 11 is 6.82. The number of benzene rings is 3. The van der Waals surface area contributed by atoms with Crippen LogP contribution >= 0.6 is 11.6 Å². The number of ether oxygens (including phenoxy) is 3. The van der Waals surface area contributed by atoms with Gasteiger partial charge in [0, 0.05) is 42.7 Å². The Kier molecular flexibility index (Phi) is 13.9. The van der Waals surface area contributed by atoms with Crippen molar-refractivity contribution in [1.29, 1.82) is 5.26 Å². The lowest BCUT2D eigenvalue weighted by atomic mass is 9.93. The predicted octanol–water partition coefficient (Wildman–Crippen LogP) is 7.95. The van der Waals surface area contributed by atoms with Crippen molar-refractivity contribution in [1.82, 2.24) is 20.1 Å². The molecule has 1 N–H and O–H groups in total. The molecule has 3 aromatic carbocycles. The Morgan fingerprint density at radius 2 is 1.62 bits per heavy atom. The van der Waals surface area contributed by atoms with Crippen LogP contribution in [-0.4, -0.2) is 68.2 Å². The summed E-state index contributed by atoms with van der Waals surface area (Å²) in [5, 5.41) is 13.3. The van der Waals surface area contributed by atoms with E-state index in [0.29, 0.717) is 41.8 Å². The van der Waals surface area contributed by atoms with Crippen molar-refractivity contribution in [3.63, 3.8) is 0 Å². The number of aromatic nitrogens is 1. The van der Waals surface area contributed by atoms with E-state index in [2.05, 4.69) is 90.5 Å². The molecule has 0 atom stereocenters. The second-order valence-corrected chi connectivity index (χ2v) is 13.7. The zero-order chi connectivity index (χ0) is 35.3. The molecule has 0 bridgehead atoms. The fraction of sp³-hybridized carbons (Fsp3) is 0.415. The lowest BCUT2D eigenvalue weighted by molar-refractivity contribution is 0.262. The van der Waals surface area contributed by atoms with Crippen LogP contribution in [0.2, 0.25) is 5.02 Å². The number of hydrogen-bond donors (Lipinski definition) is 1. The minimum absolute atomic E-state index is 0.263. The van der Waals surface area contributed by atoms with Gasteiger partial charge in [0.1, 0.15) is 36.5 Å². The van der Waals surface area contributed by atoms with Crippen LogP contribution in [0.4, 0.5) is 0 Å². The topological polar surface area (TPSA) is 82.9 Å². The first-order valence-electron chi connectivity index (χ1n) is 17.6. The first kappa shape index (κ1) is 37.1. The van der Waals surface area contributed by atoms with Gasteiger partial charge in [0.25, 0.3) is 0 Å². The van der Waals surface area contributed by atoms with Gasteiger partial charge in [-0.05, 0) is 126 Å². The summed E-state index contributed by atoms with van der Waals surface area (Å²) in [6.45, 7) is 11.6. The number of likely N-dealkylation sites (tertiary alicyclic amines) is 1. The maximum atomic E-state index is 9.30. The minimum Gasteiger partial charge on any atom is -0.493 e. The summed E-state index contributed by atoms with van der Waals surface area (Å²) in [6, 6.07) is 20.4. The highest BCUT2D eigenvalue weighted by molar-refractivity contribution is 6.32. The molecule has 0 radical (unpaired) electrons. The van der Waals surface area contributed by atoms with E-state index in [9.17, 15) is 5.26 Å². The molecule has 5 rings (SSSR count). The van der Waals surface area contributed by atoms with Crippen LogP contribution in [0.1, 0.15) is 59.1 Å². The van der Waals surface area contributed by atoms with Gasteiger partial charge >= 0.3 is 0 Å². The molecule has 1 aromatic heterocycles. The van der Waals surface area contributed by atoms with E-state index < -0.39 is 0 Å². The van der Waals surface area contributed by atoms with E-state index in [4.69, 9.17) is 25.8 Å². The largest absolute Gasteiger partial charge is 0.493 e. The van der Waals surface area contributed by atoms with Crippen molar-refractivity contribution in [3.8, 4) is 34.4 Å². The molecule has 0 spiro atoms. The van der Waals surface area contributed by atoms with Crippen LogP contribution in [0.3, 0.4) is 0 Å². The van der Waals surface area contributed by atoms with Gasteiger partial charge in [0.15, 0.2) is 0 Å². The first-order valence-corrected chi connectivity index (χ1v) is 18.0. The summed E-state index contributed by atoms with van der Waals surface area (Å²) in [5.41, 5.74) is 7.92. The maximum absolute atomic E-state index is 9.30. The minimum atomic E-state index is 0.263. The summed E-state index contributed by atoms with van der Waals surface area (Å²) in [7, 11) is 4.15. The molecule has 0 amide bonds. The molecule has 4 aromatic rings. The third-order valence-corrected chi connectivity index (χ3v) is 9.48. The van der Waals surface area contributed by atoms with Crippen LogP contribution in [0.25, 0.3) is 11.1 Å². The second kappa shape index (κ2) is 18.7. The second-order valence-electron chi connectivity index (χ2n) is 13.3. The Bertz CT molecular complexity index is 1750. The molecule has 8 nitrogen and oxygen atoms in total. The van der Waals surface area contributed by atoms with Crippen molar-refractivity contribution >= 4 is 11.6 Å². The van der Waals surface area contributed by atoms with Crippen molar-refractivity contribution < 1.29 is 14.2 Å². The summed E-state index contributed by atoms with van der Waals surface area (Å²) < 4.78 is 19.0. The predicted molar refractivity (Wildman–Crippen MR) is 201 cm³/mol. The van der Waals surface area contributed by atoms with Crippen LogP contribution in [-0.2, 0) is 19.8 Å². The number of nitrogens with zero attached hydrogens (tertiary/aromatic N) is 4. The van der Waals surface area contributed by atoms with E-state index >= 15 is 0 Å². The Hall–Kier alpha value is -4.13. The number of halogens is 1. The average Bonchev–Trinajstić information content (AvgIpc) is 3.64. The monoisotopic (exact) mass is 695 g/mol. The lowest BCUT2D eigenvalue weighted by Crippen LogP contribution is -2.22. The fourth-order valence-electron chi connectivity index (χ4n) is 6.32. The van der Waals surface area contributed by atoms with Gasteiger partial charge in [-0.25, -0.2) is 0 Å². The highest BCUT2D eigenvalue weighted by atomic mass is 35.5. The van der Waals surface area contributed by atoms with E-state index in [0.717, 1.165) is 77.2 Å². The number of hydrogen-bond acceptors (Lipinski definition) is 8. The van der Waals surface area contributed by atoms with E-state index in [-0.39, 0.29) is 6.61 Å². The van der Waals surface area contributed by atoms with Crippen LogP contribution < -0.4 is 19.5 Å². The van der Waals surface area contributed by atoms with Crippen LogP contribution in [0.15, 0.2) is 67.0 Å². The molecule has 1 aliphatic rings. The van der Waals surface area contributed by atoms with Gasteiger partial charge < -0.3 is 29.3 Å². The van der Waals surface area contributed by atoms with Crippen LogP contribution in [0.5, 0.6) is 17.2 Å². The highest BCUT2D eigenvalue weighted by Gasteiger charge is 2.16. The van der Waals surface area contributed by atoms with E-state index in [1.165, 1.54) is 25.9 Å². The highest BCUT2D eigenvalue weighted by Crippen LogP contribution is 2.36. The molecule has 1 aliphatic heterocycles. The normalized spacial score (nSPS) is 13.1. The zero-order valence-electron chi connectivity index (χ0n) is 29.9. The Morgan fingerprint density at radius 3 is 2.40 bits per heavy atom. The first-order chi connectivity index (χ1) is 24.3. The Balaban J connectivity index is 1.28. The number of rotatable bonds is 18. The zero-order valence-corrected chi connectivity index (χ0v) is 30.7. The van der Waals surface area contributed by atoms with E-state index in [1.54, 1.807) is 18.5 Å². The molecular weight excluding hydrogens is 646 g/mol. The molecule has 0 saturated carbocycles. The smallest absolute Gasteiger partial charge is 0.142 e. The van der Waals surface area contributed by atoms with Crippen molar-refractivity contribution in [2.45, 2.75) is 59.3 Å². The number of nitriles is 1.